The molecule has 8 bridgehead atoms. The molecule has 0 fully saturated rings. The molecular formula is C48H20F10N4O8. The summed E-state index contributed by atoms with van der Waals surface area (Å²) < 4.78 is 153. The third-order valence-electron chi connectivity index (χ3n) is 11.2. The van der Waals surface area contributed by atoms with Crippen molar-refractivity contribution < 1.29 is 83.5 Å². The first-order valence-corrected chi connectivity index (χ1v) is 19.6. The topological polar surface area (TPSA) is 207 Å². The molecule has 5 heterocycles. The summed E-state index contributed by atoms with van der Waals surface area (Å²) in [6, 6.07) is 10.1. The van der Waals surface area contributed by atoms with Crippen LogP contribution in [0.5, 0.6) is 0 Å². The minimum Gasteiger partial charge on any atom is -0.478 e. The summed E-state index contributed by atoms with van der Waals surface area (Å²) in [7, 11) is 0. The molecule has 12 nitrogen and oxygen atoms in total. The smallest absolute Gasteiger partial charge is 0.336 e. The molecule has 0 atom stereocenters. The molecule has 7 aromatic rings. The van der Waals surface area contributed by atoms with E-state index in [1.165, 1.54) is 0 Å². The summed E-state index contributed by atoms with van der Waals surface area (Å²) in [6.07, 6.45) is 3.84. The van der Waals surface area contributed by atoms with Gasteiger partial charge in [0, 0.05) is 55.4 Å². The average Bonchev–Trinajstić information content (AvgIpc) is 4.19. The van der Waals surface area contributed by atoms with Crippen LogP contribution in [0.4, 0.5) is 43.9 Å². The largest absolute Gasteiger partial charge is 0.478 e. The zero-order chi connectivity index (χ0) is 50.4. The van der Waals surface area contributed by atoms with Crippen LogP contribution >= 0.6 is 0 Å². The van der Waals surface area contributed by atoms with E-state index in [1.54, 1.807) is 0 Å². The van der Waals surface area contributed by atoms with Gasteiger partial charge in [-0.05, 0) is 72.8 Å². The highest BCUT2D eigenvalue weighted by molar-refractivity contribution is 6.12. The summed E-state index contributed by atoms with van der Waals surface area (Å²) in [5.41, 5.74) is -14.8. The third kappa shape index (κ3) is 7.02. The number of carboxylic acids is 4. The highest BCUT2D eigenvalue weighted by Gasteiger charge is 2.33. The fourth-order valence-electron chi connectivity index (χ4n) is 8.26. The van der Waals surface area contributed by atoms with E-state index in [0.717, 1.165) is 85.0 Å². The lowest BCUT2D eigenvalue weighted by Crippen LogP contribution is -2.08. The van der Waals surface area contributed by atoms with E-state index < -0.39 is 194 Å². The van der Waals surface area contributed by atoms with Crippen LogP contribution in [0.15, 0.2) is 60.7 Å². The van der Waals surface area contributed by atoms with Crippen molar-refractivity contribution in [3.8, 4) is 44.5 Å². The molecular weight excluding hydrogens is 951 g/mol. The van der Waals surface area contributed by atoms with Crippen LogP contribution in [0, 0.1) is 58.2 Å². The minimum absolute atomic E-state index is 0.398. The Balaban J connectivity index is 1.61. The summed E-state index contributed by atoms with van der Waals surface area (Å²) in [5.74, 6) is -31.8. The first-order chi connectivity index (χ1) is 33.2. The van der Waals surface area contributed by atoms with Gasteiger partial charge in [-0.25, -0.2) is 73.1 Å². The van der Waals surface area contributed by atoms with E-state index in [2.05, 4.69) is 19.9 Å². The Bertz CT molecular complexity index is 3460. The minimum atomic E-state index is -2.60. The number of aromatic carboxylic acids is 4. The Morgan fingerprint density at radius 2 is 0.529 bits per heavy atom. The van der Waals surface area contributed by atoms with Crippen molar-refractivity contribution in [2.24, 2.45) is 0 Å². The number of hydrogen-bond donors (Lipinski definition) is 6. The molecule has 9 rings (SSSR count). The summed E-state index contributed by atoms with van der Waals surface area (Å²) in [6.45, 7) is 0. The van der Waals surface area contributed by atoms with E-state index >= 15 is 35.1 Å². The lowest BCUT2D eigenvalue weighted by atomic mass is 9.93. The molecule has 0 aliphatic carbocycles. The number of aromatic amines is 2. The molecule has 0 unspecified atom stereocenters. The van der Waals surface area contributed by atoms with E-state index in [0.29, 0.717) is 0 Å². The number of H-pyrrole nitrogens is 2. The normalized spacial score (nSPS) is 11.9. The van der Waals surface area contributed by atoms with Gasteiger partial charge in [-0.1, -0.05) is 12.1 Å². The lowest BCUT2D eigenvalue weighted by Gasteiger charge is -2.13. The van der Waals surface area contributed by atoms with Gasteiger partial charge in [-0.15, -0.1) is 0 Å². The third-order valence-corrected chi connectivity index (χ3v) is 11.2. The van der Waals surface area contributed by atoms with E-state index in [-0.39, 0.29) is 0 Å². The average molecular weight is 971 g/mol. The molecule has 6 N–H and O–H groups in total. The summed E-state index contributed by atoms with van der Waals surface area (Å²) >= 11 is 0. The molecule has 0 radical (unpaired) electrons. The fourth-order valence-corrected chi connectivity index (χ4v) is 8.26. The highest BCUT2D eigenvalue weighted by atomic mass is 19.2. The maximum Gasteiger partial charge on any atom is 0.336 e. The van der Waals surface area contributed by atoms with Crippen LogP contribution in [-0.4, -0.2) is 64.2 Å². The van der Waals surface area contributed by atoms with Gasteiger partial charge >= 0.3 is 23.9 Å². The van der Waals surface area contributed by atoms with Gasteiger partial charge in [0.15, 0.2) is 46.5 Å². The van der Waals surface area contributed by atoms with Crippen molar-refractivity contribution >= 4 is 70.2 Å². The van der Waals surface area contributed by atoms with Crippen LogP contribution in [0.2, 0.25) is 0 Å². The van der Waals surface area contributed by atoms with Crippen molar-refractivity contribution in [3.05, 3.63) is 164 Å². The molecule has 0 spiro atoms. The number of hydrogen-bond acceptors (Lipinski definition) is 6. The first kappa shape index (κ1) is 45.8. The quantitative estimate of drug-likeness (QED) is 0.0482. The number of halogens is 10. The number of carbonyl (C=O) groups is 4. The Labute approximate surface area is 381 Å². The monoisotopic (exact) mass is 970 g/mol. The van der Waals surface area contributed by atoms with Gasteiger partial charge in [0.1, 0.15) is 0 Å². The van der Waals surface area contributed by atoms with Gasteiger partial charge in [-0.2, -0.15) is 0 Å². The number of carboxylic acid groups (broad SMARTS) is 4. The lowest BCUT2D eigenvalue weighted by molar-refractivity contribution is 0.0678. The predicted molar refractivity (Wildman–Crippen MR) is 228 cm³/mol. The molecule has 0 saturated heterocycles. The van der Waals surface area contributed by atoms with Gasteiger partial charge < -0.3 is 30.4 Å². The van der Waals surface area contributed by atoms with Crippen molar-refractivity contribution in [2.75, 3.05) is 0 Å². The molecule has 70 heavy (non-hydrogen) atoms. The number of nitrogens with one attached hydrogen (secondary N) is 2. The molecule has 2 aliphatic rings. The molecule has 350 valence electrons. The molecule has 0 saturated carbocycles. The van der Waals surface area contributed by atoms with Gasteiger partial charge in [0.2, 0.25) is 11.6 Å². The second-order valence-corrected chi connectivity index (χ2v) is 15.1. The van der Waals surface area contributed by atoms with Gasteiger partial charge in [-0.3, -0.25) is 0 Å². The van der Waals surface area contributed by atoms with Gasteiger partial charge in [0.05, 0.1) is 56.2 Å². The summed E-state index contributed by atoms with van der Waals surface area (Å²) in [5, 5.41) is 41.6. The number of nitrogens with zero attached hydrogens (tertiary/aromatic N) is 2. The van der Waals surface area contributed by atoms with Crippen LogP contribution in [-0.2, 0) is 0 Å². The number of rotatable bonds is 8. The Morgan fingerprint density at radius 3 is 0.757 bits per heavy atom. The van der Waals surface area contributed by atoms with E-state index in [1.807, 2.05) is 0 Å². The van der Waals surface area contributed by atoms with Crippen molar-refractivity contribution in [2.45, 2.75) is 0 Å². The second-order valence-electron chi connectivity index (χ2n) is 15.1. The van der Waals surface area contributed by atoms with Crippen LogP contribution in [0.25, 0.3) is 90.9 Å². The Morgan fingerprint density at radius 1 is 0.314 bits per heavy atom. The van der Waals surface area contributed by atoms with E-state index in [4.69, 9.17) is 0 Å². The Hall–Kier alpha value is -9.34. The molecule has 0 amide bonds. The Kier molecular flexibility index (Phi) is 11.0. The number of benzene rings is 4. The zero-order valence-electron chi connectivity index (χ0n) is 34.2. The summed E-state index contributed by atoms with van der Waals surface area (Å²) in [4.78, 5) is 65.4. The maximum atomic E-state index is 16.0. The van der Waals surface area contributed by atoms with Gasteiger partial charge in [0.25, 0.3) is 0 Å². The van der Waals surface area contributed by atoms with Crippen LogP contribution < -0.4 is 0 Å². The predicted octanol–water partition coefficient (Wildman–Crippen LogP) is 11.5. The SMILES string of the molecule is O=C(O)c1cccc(C(=O)O)c1-c1c2nc(c(-c3c(C(=O)O)cccc3C(=O)O)c3ccc([nH]3)c(-c3c(F)c(F)c(F)c(F)c3F)c3nc(c(-c4c(F)c(F)c(F)c(F)c4F)c4ccc1[nH]4)C=C3)C=C2. The van der Waals surface area contributed by atoms with Crippen LogP contribution in [0.3, 0.4) is 0 Å². The highest BCUT2D eigenvalue weighted by Crippen LogP contribution is 2.44. The molecule has 3 aromatic heterocycles. The molecule has 4 aromatic carbocycles. The molecule has 2 aliphatic heterocycles. The number of aromatic nitrogens is 4. The second kappa shape index (κ2) is 16.8. The van der Waals surface area contributed by atoms with Crippen molar-refractivity contribution in [1.82, 2.24) is 19.9 Å². The standard InChI is InChI=1S/C48H20F10N4O8/c49-35-33(36(50)40(54)43(57)39(35)53)31-23-11-9-21(60-23)29(27-15(45(63)64)3-1-4-16(27)46(65)66)19-7-8-20(59-19)30(28-17(47(67)68)5-2-6-18(28)48(69)70)22-10-12-24(61-22)32(26-14-13-25(31)62-26)34-37(51)41(55)44(58)42(56)38(34)52/h1-14,60-61H,(H,63,64)(H,65,66)(H,67,68)(H,69,70). The number of fused-ring (bicyclic) bond motifs is 8. The maximum absolute atomic E-state index is 16.0. The first-order valence-electron chi connectivity index (χ1n) is 19.6. The molecule has 22 heteroatoms. The van der Waals surface area contributed by atoms with Crippen LogP contribution in [0.1, 0.15) is 64.2 Å². The van der Waals surface area contributed by atoms with Crippen molar-refractivity contribution in [3.63, 3.8) is 0 Å². The fraction of sp³-hybridized carbons (Fsp3) is 0. The van der Waals surface area contributed by atoms with Crippen molar-refractivity contribution in [1.29, 1.82) is 0 Å². The zero-order valence-corrected chi connectivity index (χ0v) is 34.2. The van der Waals surface area contributed by atoms with E-state index in [9.17, 15) is 48.4 Å².